The fourth-order valence-electron chi connectivity index (χ4n) is 1.41. The van der Waals surface area contributed by atoms with Crippen LogP contribution in [0.15, 0.2) is 53.6 Å². The number of benzene rings is 1. The molecule has 0 fully saturated rings. The Morgan fingerprint density at radius 1 is 1.11 bits per heavy atom. The lowest BCUT2D eigenvalue weighted by Crippen LogP contribution is -2.47. The molecule has 1 heterocycles. The Morgan fingerprint density at radius 2 is 1.83 bits per heavy atom. The number of rotatable bonds is 4. The number of quaternary nitrogens is 1. The van der Waals surface area contributed by atoms with Crippen molar-refractivity contribution in [1.29, 1.82) is 0 Å². The average Bonchev–Trinajstić information content (AvgIpc) is 2.39. The summed E-state index contributed by atoms with van der Waals surface area (Å²) in [5.74, 6) is 0.179. The largest absolute Gasteiger partial charge is 0.442 e. The molecular weight excluding hydrogens is 250 g/mol. The van der Waals surface area contributed by atoms with E-state index < -0.39 is 10.0 Å². The summed E-state index contributed by atoms with van der Waals surface area (Å²) in [6.45, 7) is 0.623. The maximum Gasteiger partial charge on any atom is 0.202 e. The predicted octanol–water partition coefficient (Wildman–Crippen LogP) is 1.22. The van der Waals surface area contributed by atoms with Gasteiger partial charge in [-0.2, -0.15) is 0 Å². The summed E-state index contributed by atoms with van der Waals surface area (Å²) in [4.78, 5) is 4.03. The summed E-state index contributed by atoms with van der Waals surface area (Å²) in [6.07, 6.45) is 1.50. The quantitative estimate of drug-likeness (QED) is 0.899. The molecule has 1 aromatic heterocycles. The highest BCUT2D eigenvalue weighted by molar-refractivity contribution is 7.94. The van der Waals surface area contributed by atoms with E-state index in [2.05, 4.69) is 15.4 Å². The van der Waals surface area contributed by atoms with E-state index >= 15 is 0 Å². The van der Waals surface area contributed by atoms with Crippen LogP contribution in [0.2, 0.25) is 0 Å². The van der Waals surface area contributed by atoms with Crippen molar-refractivity contribution in [3.63, 3.8) is 0 Å². The summed E-state index contributed by atoms with van der Waals surface area (Å²) < 4.78 is 27.6. The zero-order valence-electron chi connectivity index (χ0n) is 9.65. The first kappa shape index (κ1) is 12.5. The smallest absolute Gasteiger partial charge is 0.202 e. The molecule has 0 amide bonds. The third-order valence-electron chi connectivity index (χ3n) is 2.37. The first-order valence-corrected chi connectivity index (χ1v) is 6.83. The van der Waals surface area contributed by atoms with E-state index in [0.29, 0.717) is 6.54 Å². The molecule has 0 aliphatic heterocycles. The number of aromatic nitrogens is 1. The molecule has 2 aromatic rings. The highest BCUT2D eigenvalue weighted by Gasteiger charge is 2.09. The molecule has 0 unspecified atom stereocenters. The lowest BCUT2D eigenvalue weighted by Gasteiger charge is -2.14. The predicted molar refractivity (Wildman–Crippen MR) is 67.5 cm³/mol. The Kier molecular flexibility index (Phi) is 3.59. The number of hydrogen-bond acceptors (Lipinski definition) is 3. The molecule has 94 valence electrons. The van der Waals surface area contributed by atoms with Crippen molar-refractivity contribution in [3.05, 3.63) is 58.9 Å². The van der Waals surface area contributed by atoms with Gasteiger partial charge in [0, 0.05) is 5.56 Å². The minimum absolute atomic E-state index is 0.158. The van der Waals surface area contributed by atoms with Crippen LogP contribution in [0.3, 0.4) is 0 Å². The minimum atomic E-state index is -3.70. The summed E-state index contributed by atoms with van der Waals surface area (Å²) in [6, 6.07) is 11.5. The number of pyridine rings is 1. The molecule has 5 nitrogen and oxygen atoms in total. The first-order valence-electron chi connectivity index (χ1n) is 5.39. The van der Waals surface area contributed by atoms with Crippen LogP contribution < -0.4 is 5.73 Å². The van der Waals surface area contributed by atoms with E-state index in [1.807, 2.05) is 0 Å². The highest BCUT2D eigenvalue weighted by Crippen LogP contribution is 2.25. The van der Waals surface area contributed by atoms with Crippen molar-refractivity contribution < 1.29 is 14.2 Å². The summed E-state index contributed by atoms with van der Waals surface area (Å²) in [5.41, 5.74) is 4.71. The molecule has 0 bridgehead atoms. The second-order valence-electron chi connectivity index (χ2n) is 3.65. The highest BCUT2D eigenvalue weighted by atomic mass is 32.2. The number of hydrogen-bond donors (Lipinski definition) is 1. The molecule has 0 atom stereocenters. The fourth-order valence-corrected chi connectivity index (χ4v) is 2.35. The van der Waals surface area contributed by atoms with Gasteiger partial charge >= 0.3 is 0 Å². The van der Waals surface area contributed by atoms with Crippen LogP contribution >= 0.6 is 0 Å². The van der Waals surface area contributed by atoms with Gasteiger partial charge in [0.15, 0.2) is 0 Å². The van der Waals surface area contributed by atoms with Crippen molar-refractivity contribution >= 4 is 15.8 Å². The molecule has 18 heavy (non-hydrogen) atoms. The zero-order chi connectivity index (χ0) is 13.0. The fraction of sp³-hybridized carbons (Fsp3) is 0.0833. The van der Waals surface area contributed by atoms with E-state index in [1.54, 1.807) is 30.3 Å². The Morgan fingerprint density at radius 3 is 2.39 bits per heavy atom. The van der Waals surface area contributed by atoms with Crippen molar-refractivity contribution in [1.82, 2.24) is 4.98 Å². The molecule has 6 heteroatoms. The third-order valence-corrected chi connectivity index (χ3v) is 3.67. The van der Waals surface area contributed by atoms with E-state index in [0.717, 1.165) is 5.56 Å². The van der Waals surface area contributed by atoms with E-state index in [1.165, 1.54) is 18.3 Å². The van der Waals surface area contributed by atoms with E-state index in [4.69, 9.17) is 0 Å². The van der Waals surface area contributed by atoms with Gasteiger partial charge in [-0.1, -0.05) is 36.5 Å². The Bertz CT molecular complexity index is 610. The summed E-state index contributed by atoms with van der Waals surface area (Å²) in [7, 11) is -3.70. The van der Waals surface area contributed by atoms with Gasteiger partial charge in [0.25, 0.3) is 0 Å². The molecule has 3 N–H and O–H groups in total. The van der Waals surface area contributed by atoms with Crippen molar-refractivity contribution in [2.75, 3.05) is 0 Å². The molecule has 0 spiro atoms. The molecule has 0 saturated carbocycles. The second-order valence-corrected chi connectivity index (χ2v) is 5.25. The first-order chi connectivity index (χ1) is 8.62. The van der Waals surface area contributed by atoms with Gasteiger partial charge in [-0.15, -0.1) is 0 Å². The van der Waals surface area contributed by atoms with Crippen LogP contribution in [0.1, 0.15) is 5.56 Å². The Balaban J connectivity index is 2.25. The van der Waals surface area contributed by atoms with Gasteiger partial charge in [0.2, 0.25) is 10.0 Å². The van der Waals surface area contributed by atoms with Crippen LogP contribution in [0.4, 0.5) is 5.82 Å². The Hall–Kier alpha value is -1.92. The van der Waals surface area contributed by atoms with Crippen LogP contribution in [0, 0.1) is 0 Å². The number of nitrogens with zero attached hydrogens (tertiary/aromatic N) is 2. The van der Waals surface area contributed by atoms with Gasteiger partial charge in [0.05, 0.1) is 11.4 Å². The lowest BCUT2D eigenvalue weighted by molar-refractivity contribution is -0.386. The van der Waals surface area contributed by atoms with Crippen LogP contribution in [-0.4, -0.2) is 13.4 Å². The molecule has 0 aliphatic rings. The van der Waals surface area contributed by atoms with Crippen LogP contribution in [-0.2, 0) is 16.6 Å². The standard InChI is InChI=1S/C12H12N3O2S/c13-9-10-4-6-11(7-5-10)18(16,17)15-12-3-1-2-8-14-12/h1-8H,9,13H2/q-1/p+1. The monoisotopic (exact) mass is 263 g/mol. The summed E-state index contributed by atoms with van der Waals surface area (Å²) in [5, 5.41) is 0. The molecule has 0 radical (unpaired) electrons. The lowest BCUT2D eigenvalue weighted by atomic mass is 10.2. The second kappa shape index (κ2) is 5.16. The van der Waals surface area contributed by atoms with Crippen LogP contribution in [0.25, 0.3) is 4.72 Å². The Labute approximate surface area is 106 Å². The zero-order valence-corrected chi connectivity index (χ0v) is 10.5. The molecule has 1 aromatic carbocycles. The maximum absolute atomic E-state index is 12.0. The molecule has 2 rings (SSSR count). The van der Waals surface area contributed by atoms with Gasteiger partial charge in [-0.25, -0.2) is 8.42 Å². The topological polar surface area (TPSA) is 88.8 Å². The molecule has 0 aliphatic carbocycles. The minimum Gasteiger partial charge on any atom is -0.442 e. The van der Waals surface area contributed by atoms with Crippen molar-refractivity contribution in [2.45, 2.75) is 11.4 Å². The third kappa shape index (κ3) is 2.85. The maximum atomic E-state index is 12.0. The SMILES string of the molecule is [NH3+]Cc1ccc(S(=O)(=O)[N-]c2ccccn2)cc1. The van der Waals surface area contributed by atoms with Crippen molar-refractivity contribution in [3.8, 4) is 0 Å². The van der Waals surface area contributed by atoms with E-state index in [9.17, 15) is 8.42 Å². The van der Waals surface area contributed by atoms with Gasteiger partial charge in [-0.3, -0.25) is 0 Å². The summed E-state index contributed by atoms with van der Waals surface area (Å²) >= 11 is 0. The van der Waals surface area contributed by atoms with Crippen LogP contribution in [0.5, 0.6) is 0 Å². The average molecular weight is 263 g/mol. The molecular formula is C12H13N3O2S. The van der Waals surface area contributed by atoms with Crippen molar-refractivity contribution in [2.24, 2.45) is 0 Å². The normalized spacial score (nSPS) is 11.2. The molecule has 0 saturated heterocycles. The van der Waals surface area contributed by atoms with Gasteiger partial charge in [-0.05, 0) is 18.0 Å². The van der Waals surface area contributed by atoms with E-state index in [-0.39, 0.29) is 10.7 Å². The number of sulfonamides is 1. The van der Waals surface area contributed by atoms with Gasteiger partial charge in [0.1, 0.15) is 0 Å². The van der Waals surface area contributed by atoms with Gasteiger partial charge < -0.3 is 15.4 Å².